The highest BCUT2D eigenvalue weighted by Gasteiger charge is 2.09. The molecule has 80 valence electrons. The van der Waals surface area contributed by atoms with Crippen molar-refractivity contribution in [3.8, 4) is 0 Å². The molecule has 0 saturated heterocycles. The van der Waals surface area contributed by atoms with Crippen LogP contribution in [0.4, 0.5) is 0 Å². The summed E-state index contributed by atoms with van der Waals surface area (Å²) in [5, 5.41) is 1.18. The lowest BCUT2D eigenvalue weighted by Gasteiger charge is -2.02. The SMILES string of the molecule is COCCn1cc(I)c2c(Br)ccnc21. The molecule has 0 unspecified atom stereocenters. The van der Waals surface area contributed by atoms with Gasteiger partial charge in [0.2, 0.25) is 0 Å². The molecular formula is C10H10BrIN2O. The van der Waals surface area contributed by atoms with E-state index in [0.29, 0.717) is 6.61 Å². The maximum absolute atomic E-state index is 5.07. The summed E-state index contributed by atoms with van der Waals surface area (Å²) < 4.78 is 9.49. The Morgan fingerprint density at radius 3 is 3.13 bits per heavy atom. The van der Waals surface area contributed by atoms with Crippen molar-refractivity contribution in [3.63, 3.8) is 0 Å². The number of hydrogen-bond donors (Lipinski definition) is 0. The van der Waals surface area contributed by atoms with Crippen LogP contribution in [0.15, 0.2) is 22.9 Å². The summed E-state index contributed by atoms with van der Waals surface area (Å²) in [5.41, 5.74) is 1.01. The summed E-state index contributed by atoms with van der Waals surface area (Å²) >= 11 is 5.86. The van der Waals surface area contributed by atoms with E-state index in [2.05, 4.69) is 54.3 Å². The molecule has 2 aromatic rings. The van der Waals surface area contributed by atoms with Crippen LogP contribution in [0.1, 0.15) is 0 Å². The topological polar surface area (TPSA) is 27.1 Å². The van der Waals surface area contributed by atoms with Crippen molar-refractivity contribution in [3.05, 3.63) is 26.5 Å². The highest BCUT2D eigenvalue weighted by Crippen LogP contribution is 2.28. The van der Waals surface area contributed by atoms with Crippen LogP contribution in [0.3, 0.4) is 0 Å². The van der Waals surface area contributed by atoms with Gasteiger partial charge in [-0.2, -0.15) is 0 Å². The molecule has 0 aliphatic heterocycles. The zero-order chi connectivity index (χ0) is 10.8. The van der Waals surface area contributed by atoms with Crippen molar-refractivity contribution >= 4 is 49.6 Å². The number of aromatic nitrogens is 2. The van der Waals surface area contributed by atoms with E-state index in [-0.39, 0.29) is 0 Å². The van der Waals surface area contributed by atoms with Crippen molar-refractivity contribution in [1.29, 1.82) is 0 Å². The molecule has 0 atom stereocenters. The first-order chi connectivity index (χ1) is 7.24. The molecule has 0 N–H and O–H groups in total. The minimum Gasteiger partial charge on any atom is -0.383 e. The normalized spacial score (nSPS) is 11.1. The molecular weight excluding hydrogens is 371 g/mol. The monoisotopic (exact) mass is 380 g/mol. The standard InChI is InChI=1S/C10H10BrIN2O/c1-15-5-4-14-6-8(12)9-7(11)2-3-13-10(9)14/h2-3,6H,4-5H2,1H3. The van der Waals surface area contributed by atoms with Gasteiger partial charge >= 0.3 is 0 Å². The van der Waals surface area contributed by atoms with Crippen LogP contribution in [-0.2, 0) is 11.3 Å². The van der Waals surface area contributed by atoms with Gasteiger partial charge in [0.1, 0.15) is 5.65 Å². The van der Waals surface area contributed by atoms with Gasteiger partial charge in [-0.05, 0) is 44.6 Å². The Balaban J connectivity index is 2.53. The molecule has 5 heteroatoms. The van der Waals surface area contributed by atoms with Crippen molar-refractivity contribution < 1.29 is 4.74 Å². The Morgan fingerprint density at radius 1 is 1.60 bits per heavy atom. The van der Waals surface area contributed by atoms with E-state index in [0.717, 1.165) is 16.7 Å². The Kier molecular flexibility index (Phi) is 3.63. The van der Waals surface area contributed by atoms with E-state index in [1.165, 1.54) is 8.96 Å². The summed E-state index contributed by atoms with van der Waals surface area (Å²) in [6, 6.07) is 1.96. The molecule has 3 nitrogen and oxygen atoms in total. The minimum atomic E-state index is 0.702. The van der Waals surface area contributed by atoms with E-state index in [9.17, 15) is 0 Å². The van der Waals surface area contributed by atoms with Gasteiger partial charge in [-0.1, -0.05) is 0 Å². The van der Waals surface area contributed by atoms with Gasteiger partial charge in [0.15, 0.2) is 0 Å². The van der Waals surface area contributed by atoms with Crippen LogP contribution >= 0.6 is 38.5 Å². The third-order valence-electron chi connectivity index (χ3n) is 2.20. The molecule has 0 radical (unpaired) electrons. The molecule has 2 aromatic heterocycles. The van der Waals surface area contributed by atoms with Gasteiger partial charge in [0.25, 0.3) is 0 Å². The summed E-state index contributed by atoms with van der Waals surface area (Å²) in [6.07, 6.45) is 3.91. The summed E-state index contributed by atoms with van der Waals surface area (Å²) in [4.78, 5) is 4.39. The second kappa shape index (κ2) is 4.80. The molecule has 0 aromatic carbocycles. The lowest BCUT2D eigenvalue weighted by Crippen LogP contribution is -2.03. The summed E-state index contributed by atoms with van der Waals surface area (Å²) in [7, 11) is 1.71. The van der Waals surface area contributed by atoms with Crippen LogP contribution in [0.25, 0.3) is 11.0 Å². The molecule has 0 aliphatic rings. The van der Waals surface area contributed by atoms with Crippen molar-refractivity contribution in [2.75, 3.05) is 13.7 Å². The van der Waals surface area contributed by atoms with Crippen LogP contribution in [-0.4, -0.2) is 23.3 Å². The zero-order valence-corrected chi connectivity index (χ0v) is 11.9. The number of methoxy groups -OCH3 is 1. The lowest BCUT2D eigenvalue weighted by molar-refractivity contribution is 0.188. The third kappa shape index (κ3) is 2.19. The second-order valence-corrected chi connectivity index (χ2v) is 5.17. The van der Waals surface area contributed by atoms with Crippen LogP contribution < -0.4 is 0 Å². The van der Waals surface area contributed by atoms with Crippen LogP contribution in [0.5, 0.6) is 0 Å². The molecule has 0 spiro atoms. The molecule has 2 heterocycles. The molecule has 0 bridgehead atoms. The van der Waals surface area contributed by atoms with Gasteiger partial charge < -0.3 is 9.30 Å². The second-order valence-electron chi connectivity index (χ2n) is 3.15. The summed E-state index contributed by atoms with van der Waals surface area (Å²) in [5.74, 6) is 0. The van der Waals surface area contributed by atoms with E-state index >= 15 is 0 Å². The van der Waals surface area contributed by atoms with E-state index < -0.39 is 0 Å². The predicted molar refractivity (Wildman–Crippen MR) is 72.0 cm³/mol. The van der Waals surface area contributed by atoms with Gasteiger partial charge in [-0.15, -0.1) is 0 Å². The average Bonchev–Trinajstić information content (AvgIpc) is 2.54. The number of rotatable bonds is 3. The Labute approximate surface area is 110 Å². The van der Waals surface area contributed by atoms with Crippen LogP contribution in [0, 0.1) is 3.57 Å². The predicted octanol–water partition coefficient (Wildman–Crippen LogP) is 3.05. The van der Waals surface area contributed by atoms with Gasteiger partial charge in [0.05, 0.1) is 6.61 Å². The van der Waals surface area contributed by atoms with Crippen molar-refractivity contribution in [1.82, 2.24) is 9.55 Å². The fourth-order valence-electron chi connectivity index (χ4n) is 1.49. The minimum absolute atomic E-state index is 0.702. The van der Waals surface area contributed by atoms with E-state index in [1.54, 1.807) is 7.11 Å². The number of fused-ring (bicyclic) bond motifs is 1. The molecule has 0 saturated carbocycles. The van der Waals surface area contributed by atoms with Gasteiger partial charge in [-0.3, -0.25) is 0 Å². The molecule has 2 rings (SSSR count). The zero-order valence-electron chi connectivity index (χ0n) is 8.20. The smallest absolute Gasteiger partial charge is 0.142 e. The number of ether oxygens (including phenoxy) is 1. The number of halogens is 2. The number of hydrogen-bond acceptors (Lipinski definition) is 2. The molecule has 0 fully saturated rings. The van der Waals surface area contributed by atoms with Crippen molar-refractivity contribution in [2.24, 2.45) is 0 Å². The fraction of sp³-hybridized carbons (Fsp3) is 0.300. The first kappa shape index (κ1) is 11.3. The Bertz CT molecular complexity index is 483. The number of pyridine rings is 1. The van der Waals surface area contributed by atoms with Gasteiger partial charge in [-0.25, -0.2) is 4.98 Å². The largest absolute Gasteiger partial charge is 0.383 e. The van der Waals surface area contributed by atoms with E-state index in [4.69, 9.17) is 4.74 Å². The maximum Gasteiger partial charge on any atom is 0.142 e. The lowest BCUT2D eigenvalue weighted by atomic mass is 10.3. The highest BCUT2D eigenvalue weighted by atomic mass is 127. The molecule has 0 amide bonds. The Hall–Kier alpha value is -0.140. The molecule has 0 aliphatic carbocycles. The maximum atomic E-state index is 5.07. The highest BCUT2D eigenvalue weighted by molar-refractivity contribution is 14.1. The first-order valence-electron chi connectivity index (χ1n) is 4.52. The quantitative estimate of drug-likeness (QED) is 0.765. The van der Waals surface area contributed by atoms with Crippen LogP contribution in [0.2, 0.25) is 0 Å². The van der Waals surface area contributed by atoms with E-state index in [1.807, 2.05) is 12.3 Å². The van der Waals surface area contributed by atoms with Gasteiger partial charge in [0, 0.05) is 39.5 Å². The number of nitrogens with zero attached hydrogens (tertiary/aromatic N) is 2. The fourth-order valence-corrected chi connectivity index (χ4v) is 3.24. The van der Waals surface area contributed by atoms with Crippen molar-refractivity contribution in [2.45, 2.75) is 6.54 Å². The average molecular weight is 381 g/mol. The summed E-state index contributed by atoms with van der Waals surface area (Å²) in [6.45, 7) is 1.54. The molecule has 15 heavy (non-hydrogen) atoms. The Morgan fingerprint density at radius 2 is 2.40 bits per heavy atom. The third-order valence-corrected chi connectivity index (χ3v) is 3.68. The first-order valence-corrected chi connectivity index (χ1v) is 6.39.